The lowest BCUT2D eigenvalue weighted by atomic mass is 10.3. The summed E-state index contributed by atoms with van der Waals surface area (Å²) in [5, 5.41) is 3.00. The maximum Gasteiger partial charge on any atom is 0.238 e. The van der Waals surface area contributed by atoms with Crippen molar-refractivity contribution in [2.45, 2.75) is 24.9 Å². The van der Waals surface area contributed by atoms with E-state index in [9.17, 15) is 13.6 Å². The average molecular weight is 256 g/mol. The number of hydrogen-bond acceptors (Lipinski definition) is 3. The lowest BCUT2D eigenvalue weighted by Crippen LogP contribution is -2.46. The van der Waals surface area contributed by atoms with E-state index in [0.717, 1.165) is 25.0 Å². The summed E-state index contributed by atoms with van der Waals surface area (Å²) in [6.45, 7) is -0.0750. The number of primary amides is 1. The number of rotatable bonds is 6. The van der Waals surface area contributed by atoms with Crippen LogP contribution in [0.5, 0.6) is 5.75 Å². The van der Waals surface area contributed by atoms with Crippen molar-refractivity contribution in [3.63, 3.8) is 0 Å². The van der Waals surface area contributed by atoms with Gasteiger partial charge in [0.1, 0.15) is 18.5 Å². The molecule has 4 nitrogen and oxygen atoms in total. The van der Waals surface area contributed by atoms with Crippen LogP contribution in [0.25, 0.3) is 0 Å². The minimum atomic E-state index is -0.801. The summed E-state index contributed by atoms with van der Waals surface area (Å²) < 4.78 is 31.1. The van der Waals surface area contributed by atoms with Gasteiger partial charge in [-0.2, -0.15) is 0 Å². The van der Waals surface area contributed by atoms with Gasteiger partial charge in [0, 0.05) is 12.1 Å². The molecule has 0 saturated heterocycles. The first-order valence-electron chi connectivity index (χ1n) is 5.69. The molecule has 1 aliphatic rings. The lowest BCUT2D eigenvalue weighted by molar-refractivity contribution is -0.120. The van der Waals surface area contributed by atoms with Crippen molar-refractivity contribution in [2.24, 2.45) is 5.73 Å². The quantitative estimate of drug-likeness (QED) is 0.796. The largest absolute Gasteiger partial charge is 0.488 e. The molecule has 1 amide bonds. The Hall–Kier alpha value is -1.69. The summed E-state index contributed by atoms with van der Waals surface area (Å²) in [6, 6.07) is 2.61. The van der Waals surface area contributed by atoms with Gasteiger partial charge in [0.05, 0.1) is 0 Å². The van der Waals surface area contributed by atoms with E-state index in [4.69, 9.17) is 10.5 Å². The zero-order valence-electron chi connectivity index (χ0n) is 9.66. The molecule has 1 aromatic rings. The second kappa shape index (κ2) is 5.30. The number of amides is 1. The van der Waals surface area contributed by atoms with Crippen molar-refractivity contribution in [1.82, 2.24) is 5.32 Å². The predicted molar refractivity (Wildman–Crippen MR) is 61.0 cm³/mol. The number of hydrogen-bond donors (Lipinski definition) is 2. The summed E-state index contributed by atoms with van der Waals surface area (Å²) in [7, 11) is 0. The third-order valence-electron chi connectivity index (χ3n) is 2.66. The van der Waals surface area contributed by atoms with Crippen LogP contribution in [0.4, 0.5) is 8.78 Å². The van der Waals surface area contributed by atoms with Gasteiger partial charge in [-0.25, -0.2) is 8.78 Å². The van der Waals surface area contributed by atoms with Crippen molar-refractivity contribution >= 4 is 5.91 Å². The van der Waals surface area contributed by atoms with Crippen LogP contribution < -0.4 is 15.8 Å². The summed E-state index contributed by atoms with van der Waals surface area (Å²) in [5.74, 6) is -2.13. The van der Waals surface area contributed by atoms with Gasteiger partial charge in [0.25, 0.3) is 0 Å². The monoisotopic (exact) mass is 256 g/mol. The fourth-order valence-electron chi connectivity index (χ4n) is 1.51. The Morgan fingerprint density at radius 2 is 2.22 bits per heavy atom. The number of carbonyl (C=O) groups is 1. The van der Waals surface area contributed by atoms with Gasteiger partial charge in [-0.1, -0.05) is 0 Å². The number of benzene rings is 1. The molecule has 98 valence electrons. The predicted octanol–water partition coefficient (Wildman–Crippen LogP) is 0.949. The topological polar surface area (TPSA) is 64.4 Å². The van der Waals surface area contributed by atoms with Crippen LogP contribution in [0.15, 0.2) is 18.2 Å². The van der Waals surface area contributed by atoms with Crippen LogP contribution in [0.1, 0.15) is 12.8 Å². The number of carbonyl (C=O) groups excluding carboxylic acids is 1. The molecule has 0 aromatic heterocycles. The molecule has 3 N–H and O–H groups in total. The normalized spacial score (nSPS) is 16.3. The van der Waals surface area contributed by atoms with E-state index in [-0.39, 0.29) is 18.4 Å². The van der Waals surface area contributed by atoms with Crippen molar-refractivity contribution in [2.75, 3.05) is 6.61 Å². The van der Waals surface area contributed by atoms with E-state index in [1.807, 2.05) is 0 Å². The molecule has 6 heteroatoms. The van der Waals surface area contributed by atoms with Crippen LogP contribution in [-0.4, -0.2) is 24.6 Å². The Morgan fingerprint density at radius 1 is 1.50 bits per heavy atom. The highest BCUT2D eigenvalue weighted by atomic mass is 19.1. The van der Waals surface area contributed by atoms with Gasteiger partial charge in [0.15, 0.2) is 11.6 Å². The molecular weight excluding hydrogens is 242 g/mol. The highest BCUT2D eigenvalue weighted by Gasteiger charge is 2.27. The molecule has 0 spiro atoms. The zero-order chi connectivity index (χ0) is 13.1. The fourth-order valence-corrected chi connectivity index (χ4v) is 1.51. The molecule has 2 rings (SSSR count). The van der Waals surface area contributed by atoms with Gasteiger partial charge in [-0.3, -0.25) is 4.79 Å². The summed E-state index contributed by atoms with van der Waals surface area (Å²) >= 11 is 0. The Labute approximate surface area is 103 Å². The van der Waals surface area contributed by atoms with Gasteiger partial charge in [-0.15, -0.1) is 0 Å². The highest BCUT2D eigenvalue weighted by molar-refractivity contribution is 5.80. The van der Waals surface area contributed by atoms with Crippen LogP contribution in [0.3, 0.4) is 0 Å². The Morgan fingerprint density at radius 3 is 2.78 bits per heavy atom. The zero-order valence-corrected chi connectivity index (χ0v) is 9.66. The van der Waals surface area contributed by atoms with E-state index in [2.05, 4.69) is 5.32 Å². The fraction of sp³-hybridized carbons (Fsp3) is 0.417. The molecule has 0 aliphatic heterocycles. The van der Waals surface area contributed by atoms with Gasteiger partial charge < -0.3 is 15.8 Å². The molecule has 1 fully saturated rings. The minimum absolute atomic E-state index is 0.0750. The maximum absolute atomic E-state index is 13.3. The molecule has 18 heavy (non-hydrogen) atoms. The van der Waals surface area contributed by atoms with Crippen LogP contribution in [0.2, 0.25) is 0 Å². The second-order valence-corrected chi connectivity index (χ2v) is 4.28. The summed E-state index contributed by atoms with van der Waals surface area (Å²) in [4.78, 5) is 11.1. The first-order valence-corrected chi connectivity index (χ1v) is 5.69. The number of nitrogens with one attached hydrogen (secondary N) is 1. The molecule has 0 radical (unpaired) electrons. The van der Waals surface area contributed by atoms with Gasteiger partial charge in [-0.05, 0) is 25.0 Å². The van der Waals surface area contributed by atoms with E-state index >= 15 is 0 Å². The van der Waals surface area contributed by atoms with Gasteiger partial charge >= 0.3 is 0 Å². The molecule has 0 bridgehead atoms. The molecule has 1 atom stereocenters. The maximum atomic E-state index is 13.3. The number of nitrogens with two attached hydrogens (primary N) is 1. The molecule has 1 aliphatic carbocycles. The van der Waals surface area contributed by atoms with Crippen LogP contribution >= 0.6 is 0 Å². The van der Waals surface area contributed by atoms with E-state index in [0.29, 0.717) is 0 Å². The number of ether oxygens (including phenoxy) is 1. The Kier molecular flexibility index (Phi) is 3.76. The standard InChI is InChI=1S/C12H14F2N2O2/c13-7-1-4-11(9(14)5-7)18-6-10(12(15)17)16-8-2-3-8/h1,4-5,8,10,16H,2-3,6H2,(H2,15,17). The SMILES string of the molecule is NC(=O)C(COc1ccc(F)cc1F)NC1CC1. The Bertz CT molecular complexity index is 450. The van der Waals surface area contributed by atoms with Crippen molar-refractivity contribution < 1.29 is 18.3 Å². The third-order valence-corrected chi connectivity index (χ3v) is 2.66. The molecular formula is C12H14F2N2O2. The van der Waals surface area contributed by atoms with Crippen LogP contribution in [0, 0.1) is 11.6 Å². The molecule has 0 heterocycles. The van der Waals surface area contributed by atoms with Gasteiger partial charge in [0.2, 0.25) is 5.91 Å². The molecule has 1 aromatic carbocycles. The second-order valence-electron chi connectivity index (χ2n) is 4.28. The van der Waals surface area contributed by atoms with Crippen molar-refractivity contribution in [1.29, 1.82) is 0 Å². The molecule has 1 saturated carbocycles. The third kappa shape index (κ3) is 3.40. The highest BCUT2D eigenvalue weighted by Crippen LogP contribution is 2.20. The average Bonchev–Trinajstić information content (AvgIpc) is 3.09. The first kappa shape index (κ1) is 12.8. The van der Waals surface area contributed by atoms with Crippen molar-refractivity contribution in [3.05, 3.63) is 29.8 Å². The summed E-state index contributed by atoms with van der Waals surface area (Å²) in [6.07, 6.45) is 1.99. The Balaban J connectivity index is 1.93. The minimum Gasteiger partial charge on any atom is -0.488 e. The van der Waals surface area contributed by atoms with Crippen molar-refractivity contribution in [3.8, 4) is 5.75 Å². The van der Waals surface area contributed by atoms with Crippen LogP contribution in [-0.2, 0) is 4.79 Å². The summed E-state index contributed by atoms with van der Waals surface area (Å²) in [5.41, 5.74) is 5.20. The van der Waals surface area contributed by atoms with E-state index < -0.39 is 23.6 Å². The number of halogens is 2. The lowest BCUT2D eigenvalue weighted by Gasteiger charge is -2.16. The first-order chi connectivity index (χ1) is 8.56. The van der Waals surface area contributed by atoms with E-state index in [1.165, 1.54) is 6.07 Å². The van der Waals surface area contributed by atoms with E-state index in [1.54, 1.807) is 0 Å². The molecule has 1 unspecified atom stereocenters. The smallest absolute Gasteiger partial charge is 0.238 e.